The molecule has 0 saturated heterocycles. The Bertz CT molecular complexity index is 434. The Morgan fingerprint density at radius 3 is 2.67 bits per heavy atom. The Kier molecular flexibility index (Phi) is 3.88. The Morgan fingerprint density at radius 1 is 1.33 bits per heavy atom. The van der Waals surface area contributed by atoms with Crippen molar-refractivity contribution in [2.24, 2.45) is 0 Å². The van der Waals surface area contributed by atoms with Gasteiger partial charge >= 0.3 is 0 Å². The fourth-order valence-electron chi connectivity index (χ4n) is 1.65. The van der Waals surface area contributed by atoms with E-state index in [4.69, 9.17) is 25.8 Å². The van der Waals surface area contributed by atoms with Crippen LogP contribution in [0, 0.1) is 0 Å². The highest BCUT2D eigenvalue weighted by atomic mass is 35.5. The van der Waals surface area contributed by atoms with Crippen LogP contribution in [0.1, 0.15) is 20.3 Å². The van der Waals surface area contributed by atoms with E-state index in [2.05, 4.69) is 19.2 Å². The number of hydrogen-bond acceptors (Lipinski definition) is 4. The van der Waals surface area contributed by atoms with Gasteiger partial charge in [-0.3, -0.25) is 0 Å². The molecule has 0 aromatic heterocycles. The highest BCUT2D eigenvalue weighted by Gasteiger charge is 2.18. The van der Waals surface area contributed by atoms with Gasteiger partial charge in [-0.1, -0.05) is 11.6 Å². The van der Waals surface area contributed by atoms with Gasteiger partial charge in [0.2, 0.25) is 6.79 Å². The van der Waals surface area contributed by atoms with Crippen molar-refractivity contribution in [1.82, 2.24) is 0 Å². The first-order valence-electron chi connectivity index (χ1n) is 5.90. The van der Waals surface area contributed by atoms with Gasteiger partial charge in [0.15, 0.2) is 11.5 Å². The van der Waals surface area contributed by atoms with E-state index in [0.717, 1.165) is 24.4 Å². The fraction of sp³-hybridized carbons (Fsp3) is 0.538. The molecule has 4 nitrogen and oxygen atoms in total. The Balaban J connectivity index is 1.98. The van der Waals surface area contributed by atoms with E-state index in [9.17, 15) is 0 Å². The zero-order valence-electron chi connectivity index (χ0n) is 10.9. The minimum atomic E-state index is -0.143. The first-order chi connectivity index (χ1) is 8.52. The molecule has 2 rings (SSSR count). The van der Waals surface area contributed by atoms with Crippen LogP contribution in [0.15, 0.2) is 12.1 Å². The second-order valence-corrected chi connectivity index (χ2v) is 5.23. The number of fused-ring (bicyclic) bond motifs is 1. The van der Waals surface area contributed by atoms with E-state index >= 15 is 0 Å². The van der Waals surface area contributed by atoms with Gasteiger partial charge in [-0.2, -0.15) is 0 Å². The Labute approximate surface area is 112 Å². The fourth-order valence-corrected chi connectivity index (χ4v) is 1.87. The van der Waals surface area contributed by atoms with Gasteiger partial charge in [-0.25, -0.2) is 0 Å². The quantitative estimate of drug-likeness (QED) is 0.892. The van der Waals surface area contributed by atoms with Gasteiger partial charge in [0.25, 0.3) is 0 Å². The van der Waals surface area contributed by atoms with Gasteiger partial charge in [-0.05, 0) is 20.3 Å². The summed E-state index contributed by atoms with van der Waals surface area (Å²) in [7, 11) is 1.72. The Morgan fingerprint density at radius 2 is 2.00 bits per heavy atom. The average molecular weight is 272 g/mol. The summed E-state index contributed by atoms with van der Waals surface area (Å²) in [4.78, 5) is 0. The second kappa shape index (κ2) is 5.24. The molecule has 0 atom stereocenters. The SMILES string of the molecule is COC(C)(C)CCNc1cc2c(cc1Cl)OCO2. The van der Waals surface area contributed by atoms with Crippen molar-refractivity contribution in [3.05, 3.63) is 17.2 Å². The Hall–Kier alpha value is -1.13. The molecule has 0 radical (unpaired) electrons. The van der Waals surface area contributed by atoms with Crippen LogP contribution >= 0.6 is 11.6 Å². The van der Waals surface area contributed by atoms with Crippen molar-refractivity contribution in [2.75, 3.05) is 25.8 Å². The third kappa shape index (κ3) is 3.00. The monoisotopic (exact) mass is 271 g/mol. The molecule has 1 aromatic rings. The third-order valence-corrected chi connectivity index (χ3v) is 3.37. The lowest BCUT2D eigenvalue weighted by atomic mass is 10.1. The summed E-state index contributed by atoms with van der Waals surface area (Å²) in [5, 5.41) is 3.92. The number of methoxy groups -OCH3 is 1. The van der Waals surface area contributed by atoms with Crippen LogP contribution in [-0.4, -0.2) is 26.0 Å². The van der Waals surface area contributed by atoms with Gasteiger partial charge in [0.05, 0.1) is 16.3 Å². The molecule has 0 spiro atoms. The summed E-state index contributed by atoms with van der Waals surface area (Å²) in [6.07, 6.45) is 0.883. The summed E-state index contributed by atoms with van der Waals surface area (Å²) < 4.78 is 15.9. The van der Waals surface area contributed by atoms with Crippen LogP contribution < -0.4 is 14.8 Å². The summed E-state index contributed by atoms with van der Waals surface area (Å²) in [6.45, 7) is 5.14. The van der Waals surface area contributed by atoms with E-state index in [1.165, 1.54) is 0 Å². The molecule has 0 unspecified atom stereocenters. The van der Waals surface area contributed by atoms with E-state index in [1.54, 1.807) is 13.2 Å². The maximum atomic E-state index is 6.16. The second-order valence-electron chi connectivity index (χ2n) is 4.83. The van der Waals surface area contributed by atoms with Crippen LogP contribution in [0.25, 0.3) is 0 Å². The summed E-state index contributed by atoms with van der Waals surface area (Å²) in [5.41, 5.74) is 0.711. The number of ether oxygens (including phenoxy) is 3. The molecule has 0 aliphatic carbocycles. The smallest absolute Gasteiger partial charge is 0.231 e. The van der Waals surface area contributed by atoms with E-state index in [-0.39, 0.29) is 12.4 Å². The number of rotatable bonds is 5. The molecule has 18 heavy (non-hydrogen) atoms. The maximum absolute atomic E-state index is 6.16. The van der Waals surface area contributed by atoms with Crippen LogP contribution in [0.3, 0.4) is 0 Å². The minimum Gasteiger partial charge on any atom is -0.454 e. The lowest BCUT2D eigenvalue weighted by molar-refractivity contribution is 0.0185. The first-order valence-corrected chi connectivity index (χ1v) is 6.28. The predicted molar refractivity (Wildman–Crippen MR) is 71.8 cm³/mol. The number of anilines is 1. The molecule has 0 bridgehead atoms. The number of benzene rings is 1. The lowest BCUT2D eigenvalue weighted by Gasteiger charge is -2.23. The van der Waals surface area contributed by atoms with Gasteiger partial charge in [0, 0.05) is 25.8 Å². The molecule has 0 amide bonds. The summed E-state index contributed by atoms with van der Waals surface area (Å²) in [5.74, 6) is 1.43. The molecule has 0 saturated carbocycles. The molecule has 0 fully saturated rings. The van der Waals surface area contributed by atoms with Gasteiger partial charge < -0.3 is 19.5 Å². The first kappa shape index (κ1) is 13.3. The van der Waals surface area contributed by atoms with Crippen molar-refractivity contribution >= 4 is 17.3 Å². The minimum absolute atomic E-state index is 0.143. The zero-order valence-corrected chi connectivity index (χ0v) is 11.6. The summed E-state index contributed by atoms with van der Waals surface area (Å²) in [6, 6.07) is 3.64. The van der Waals surface area contributed by atoms with Crippen molar-refractivity contribution in [3.8, 4) is 11.5 Å². The number of nitrogens with one attached hydrogen (secondary N) is 1. The molecule has 5 heteroatoms. The largest absolute Gasteiger partial charge is 0.454 e. The van der Waals surface area contributed by atoms with E-state index in [1.807, 2.05) is 6.07 Å². The van der Waals surface area contributed by atoms with Gasteiger partial charge in [-0.15, -0.1) is 0 Å². The molecule has 1 aliphatic heterocycles. The third-order valence-electron chi connectivity index (χ3n) is 3.06. The van der Waals surface area contributed by atoms with E-state index < -0.39 is 0 Å². The topological polar surface area (TPSA) is 39.7 Å². The van der Waals surface area contributed by atoms with Crippen molar-refractivity contribution < 1.29 is 14.2 Å². The highest BCUT2D eigenvalue weighted by molar-refractivity contribution is 6.33. The normalized spacial score (nSPS) is 13.8. The van der Waals surface area contributed by atoms with Crippen LogP contribution in [0.5, 0.6) is 11.5 Å². The van der Waals surface area contributed by atoms with Gasteiger partial charge in [0.1, 0.15) is 0 Å². The van der Waals surface area contributed by atoms with E-state index in [0.29, 0.717) is 10.8 Å². The predicted octanol–water partition coefficient (Wildman–Crippen LogP) is 3.30. The molecule has 100 valence electrons. The highest BCUT2D eigenvalue weighted by Crippen LogP contribution is 2.39. The molecule has 1 aliphatic rings. The van der Waals surface area contributed by atoms with Crippen molar-refractivity contribution in [3.63, 3.8) is 0 Å². The number of halogens is 1. The molecular formula is C13H18ClNO3. The van der Waals surface area contributed by atoms with Crippen molar-refractivity contribution in [2.45, 2.75) is 25.9 Å². The zero-order chi connectivity index (χ0) is 13.2. The van der Waals surface area contributed by atoms with Crippen LogP contribution in [-0.2, 0) is 4.74 Å². The molecule has 1 heterocycles. The van der Waals surface area contributed by atoms with Crippen LogP contribution in [0.2, 0.25) is 5.02 Å². The lowest BCUT2D eigenvalue weighted by Crippen LogP contribution is -2.25. The standard InChI is InChI=1S/C13H18ClNO3/c1-13(2,16-3)4-5-15-10-7-12-11(6-9(10)14)17-8-18-12/h6-7,15H,4-5,8H2,1-3H3. The average Bonchev–Trinajstić information content (AvgIpc) is 2.76. The molecule has 1 aromatic carbocycles. The number of hydrogen-bond donors (Lipinski definition) is 1. The summed E-state index contributed by atoms with van der Waals surface area (Å²) >= 11 is 6.16. The van der Waals surface area contributed by atoms with Crippen LogP contribution in [0.4, 0.5) is 5.69 Å². The maximum Gasteiger partial charge on any atom is 0.231 e. The molecule has 1 N–H and O–H groups in total. The molecular weight excluding hydrogens is 254 g/mol. The van der Waals surface area contributed by atoms with Crippen molar-refractivity contribution in [1.29, 1.82) is 0 Å².